The van der Waals surface area contributed by atoms with Crippen molar-refractivity contribution in [1.29, 1.82) is 0 Å². The van der Waals surface area contributed by atoms with Crippen molar-refractivity contribution in [3.05, 3.63) is 108 Å². The predicted octanol–water partition coefficient (Wildman–Crippen LogP) is 7.57. The third-order valence-electron chi connectivity index (χ3n) is 6.42. The number of hydrogen-bond acceptors (Lipinski definition) is 7. The number of alkyl halides is 3. The van der Waals surface area contributed by atoms with Crippen LogP contribution in [0.1, 0.15) is 46.9 Å². The Morgan fingerprint density at radius 3 is 2.50 bits per heavy atom. The van der Waals surface area contributed by atoms with Gasteiger partial charge < -0.3 is 16.4 Å². The number of fused-ring (bicyclic) bond motifs is 1. The van der Waals surface area contributed by atoms with Crippen molar-refractivity contribution >= 4 is 45.9 Å². The Bertz CT molecular complexity index is 1740. The average molecular weight is 589 g/mol. The molecule has 5 aromatic rings. The second kappa shape index (κ2) is 12.1. The summed E-state index contributed by atoms with van der Waals surface area (Å²) in [5.41, 5.74) is 8.45. The lowest BCUT2D eigenvalue weighted by atomic mass is 10.1. The number of hydrogen-bond donors (Lipinski definition) is 3. The van der Waals surface area contributed by atoms with Crippen LogP contribution in [0.5, 0.6) is 0 Å². The summed E-state index contributed by atoms with van der Waals surface area (Å²) in [7, 11) is 0. The van der Waals surface area contributed by atoms with Crippen LogP contribution < -0.4 is 16.4 Å². The Labute approximate surface area is 244 Å². The number of anilines is 3. The number of aromatic nitrogens is 3. The molecule has 0 spiro atoms. The van der Waals surface area contributed by atoms with E-state index in [1.807, 2.05) is 24.3 Å². The quantitative estimate of drug-likeness (QED) is 0.161. The summed E-state index contributed by atoms with van der Waals surface area (Å²) in [4.78, 5) is 28.3. The summed E-state index contributed by atoms with van der Waals surface area (Å²) >= 11 is 1.47. The molecule has 0 aliphatic rings. The molecule has 0 fully saturated rings. The molecule has 0 saturated heterocycles. The molecule has 0 aliphatic heterocycles. The molecule has 0 aliphatic carbocycles. The highest BCUT2D eigenvalue weighted by Crippen LogP contribution is 2.37. The first kappa shape index (κ1) is 28.9. The second-order valence-corrected chi connectivity index (χ2v) is 11.0. The monoisotopic (exact) mass is 588 g/mol. The van der Waals surface area contributed by atoms with Crippen LogP contribution >= 0.6 is 11.8 Å². The van der Waals surface area contributed by atoms with E-state index in [0.29, 0.717) is 39.4 Å². The number of nitrogen functional groups attached to an aromatic ring is 1. The van der Waals surface area contributed by atoms with Crippen LogP contribution in [0.4, 0.5) is 30.4 Å². The van der Waals surface area contributed by atoms with Gasteiger partial charge in [0.15, 0.2) is 5.65 Å². The van der Waals surface area contributed by atoms with E-state index >= 15 is 0 Å². The van der Waals surface area contributed by atoms with Crippen molar-refractivity contribution in [3.8, 4) is 0 Å². The summed E-state index contributed by atoms with van der Waals surface area (Å²) < 4.78 is 39.3. The van der Waals surface area contributed by atoms with Gasteiger partial charge in [0.25, 0.3) is 5.91 Å². The van der Waals surface area contributed by atoms with Gasteiger partial charge in [-0.2, -0.15) is 13.2 Å². The lowest BCUT2D eigenvalue weighted by Gasteiger charge is -2.15. The van der Waals surface area contributed by atoms with Gasteiger partial charge in [0.05, 0.1) is 16.6 Å². The van der Waals surface area contributed by atoms with Crippen LogP contribution in [0.3, 0.4) is 0 Å². The molecular weight excluding hydrogens is 561 g/mol. The maximum atomic E-state index is 13.1. The van der Waals surface area contributed by atoms with Crippen molar-refractivity contribution in [1.82, 2.24) is 20.3 Å². The first-order chi connectivity index (χ1) is 20.1. The van der Waals surface area contributed by atoms with E-state index in [1.165, 1.54) is 30.2 Å². The van der Waals surface area contributed by atoms with Crippen molar-refractivity contribution in [3.63, 3.8) is 0 Å². The Hall–Kier alpha value is -4.64. The van der Waals surface area contributed by atoms with Crippen molar-refractivity contribution in [2.45, 2.75) is 42.3 Å². The van der Waals surface area contributed by atoms with Gasteiger partial charge in [0.1, 0.15) is 12.1 Å². The molecule has 7 nitrogen and oxygen atoms in total. The van der Waals surface area contributed by atoms with E-state index in [0.717, 1.165) is 27.6 Å². The van der Waals surface area contributed by atoms with E-state index in [9.17, 15) is 18.0 Å². The first-order valence-electron chi connectivity index (χ1n) is 13.1. The number of nitrogens with two attached hydrogens (primary N) is 1. The summed E-state index contributed by atoms with van der Waals surface area (Å²) in [6, 6.07) is 21.3. The van der Waals surface area contributed by atoms with Crippen LogP contribution in [0.25, 0.3) is 11.0 Å². The van der Waals surface area contributed by atoms with Gasteiger partial charge in [0, 0.05) is 33.3 Å². The Kier molecular flexibility index (Phi) is 8.30. The molecule has 2 aromatic heterocycles. The molecule has 11 heteroatoms. The smallest absolute Gasteiger partial charge is 0.399 e. The Morgan fingerprint density at radius 2 is 1.76 bits per heavy atom. The number of halogens is 3. The van der Waals surface area contributed by atoms with Gasteiger partial charge in [-0.1, -0.05) is 37.7 Å². The van der Waals surface area contributed by atoms with Crippen LogP contribution in [0.15, 0.2) is 95.0 Å². The molecule has 0 saturated carbocycles. The van der Waals surface area contributed by atoms with Crippen molar-refractivity contribution in [2.75, 3.05) is 11.1 Å². The second-order valence-electron chi connectivity index (χ2n) is 9.87. The number of rotatable bonds is 8. The molecule has 4 N–H and O–H groups in total. The van der Waals surface area contributed by atoms with Crippen LogP contribution in [0.2, 0.25) is 0 Å². The fraction of sp³-hybridized carbons (Fsp3) is 0.161. The average Bonchev–Trinajstić information content (AvgIpc) is 2.97. The maximum absolute atomic E-state index is 13.1. The minimum atomic E-state index is -4.46. The molecule has 214 valence electrons. The fourth-order valence-corrected chi connectivity index (χ4v) is 5.05. The van der Waals surface area contributed by atoms with Gasteiger partial charge in [-0.25, -0.2) is 15.0 Å². The lowest BCUT2D eigenvalue weighted by molar-refractivity contribution is -0.137. The number of amides is 1. The third-order valence-corrected chi connectivity index (χ3v) is 7.50. The van der Waals surface area contributed by atoms with Crippen molar-refractivity contribution < 1.29 is 18.0 Å². The third kappa shape index (κ3) is 6.80. The number of pyridine rings is 1. The lowest BCUT2D eigenvalue weighted by Crippen LogP contribution is -2.23. The highest BCUT2D eigenvalue weighted by Gasteiger charge is 2.30. The number of carbonyl (C=O) groups is 1. The zero-order valence-corrected chi connectivity index (χ0v) is 23.6. The molecule has 1 amide bonds. The summed E-state index contributed by atoms with van der Waals surface area (Å²) in [6.07, 6.45) is -3.03. The predicted molar refractivity (Wildman–Crippen MR) is 159 cm³/mol. The van der Waals surface area contributed by atoms with E-state index in [1.54, 1.807) is 30.3 Å². The number of carbonyl (C=O) groups excluding carboxylic acids is 1. The number of nitrogens with zero attached hydrogens (tertiary/aromatic N) is 3. The minimum absolute atomic E-state index is 0.0617. The Morgan fingerprint density at radius 1 is 0.976 bits per heavy atom. The highest BCUT2D eigenvalue weighted by atomic mass is 32.2. The fourth-order valence-electron chi connectivity index (χ4n) is 4.17. The van der Waals surface area contributed by atoms with Crippen molar-refractivity contribution in [2.24, 2.45) is 0 Å². The molecule has 2 heterocycles. The first-order valence-corrected chi connectivity index (χ1v) is 13.9. The normalized spacial score (nSPS) is 11.6. The number of benzene rings is 3. The zero-order valence-electron chi connectivity index (χ0n) is 22.7. The van der Waals surface area contributed by atoms with Gasteiger partial charge >= 0.3 is 6.18 Å². The van der Waals surface area contributed by atoms with E-state index < -0.39 is 17.6 Å². The van der Waals surface area contributed by atoms with Crippen LogP contribution in [-0.4, -0.2) is 20.9 Å². The molecule has 0 radical (unpaired) electrons. The van der Waals surface area contributed by atoms with Crippen LogP contribution in [0, 0.1) is 0 Å². The molecule has 3 aromatic carbocycles. The Balaban J connectivity index is 1.45. The topological polar surface area (TPSA) is 106 Å². The van der Waals surface area contributed by atoms with E-state index in [4.69, 9.17) is 5.73 Å². The number of nitrogens with one attached hydrogen (secondary N) is 2. The van der Waals surface area contributed by atoms with Gasteiger partial charge in [-0.05, 0) is 78.2 Å². The standard InChI is InChI=1S/C31H27F3N6OS/c1-18(2)25-12-11-24-28(39-25)37-17-38-29(24)40-26-15-20(6-13-27(26)42-23-9-7-22(35)8-10-23)30(41)36-16-19-4-3-5-21(14-19)31(32,33)34/h3-15,17-18H,16,35H2,1-2H3,(H,36,41)(H,37,38,39,40). The SMILES string of the molecule is CC(C)c1ccc2c(Nc3cc(C(=O)NCc4cccc(C(F)(F)F)c4)ccc3Sc3ccc(N)cc3)ncnc2n1. The summed E-state index contributed by atoms with van der Waals surface area (Å²) in [5.74, 6) is 0.314. The van der Waals surface area contributed by atoms with Gasteiger partial charge in [-0.15, -0.1) is 0 Å². The van der Waals surface area contributed by atoms with Gasteiger partial charge in [0.2, 0.25) is 0 Å². The van der Waals surface area contributed by atoms with Gasteiger partial charge in [-0.3, -0.25) is 4.79 Å². The van der Waals surface area contributed by atoms with E-state index in [2.05, 4.69) is 39.4 Å². The molecule has 0 unspecified atom stereocenters. The molecule has 0 atom stereocenters. The zero-order chi connectivity index (χ0) is 29.9. The highest BCUT2D eigenvalue weighted by molar-refractivity contribution is 7.99. The van der Waals surface area contributed by atoms with E-state index in [-0.39, 0.29) is 12.5 Å². The largest absolute Gasteiger partial charge is 0.416 e. The molecular formula is C31H27F3N6OS. The molecule has 0 bridgehead atoms. The maximum Gasteiger partial charge on any atom is 0.416 e. The molecule has 42 heavy (non-hydrogen) atoms. The minimum Gasteiger partial charge on any atom is -0.399 e. The summed E-state index contributed by atoms with van der Waals surface area (Å²) in [6.45, 7) is 4.05. The van der Waals surface area contributed by atoms with Crippen LogP contribution in [-0.2, 0) is 12.7 Å². The summed E-state index contributed by atoms with van der Waals surface area (Å²) in [5, 5.41) is 6.78. The molecule has 5 rings (SSSR count).